The van der Waals surface area contributed by atoms with Gasteiger partial charge in [0.1, 0.15) is 5.75 Å². The molecule has 0 bridgehead atoms. The van der Waals surface area contributed by atoms with Crippen LogP contribution >= 0.6 is 11.6 Å². The van der Waals surface area contributed by atoms with Crippen LogP contribution in [0.1, 0.15) is 17.5 Å². The molecule has 4 nitrogen and oxygen atoms in total. The Morgan fingerprint density at radius 3 is 3.11 bits per heavy atom. The summed E-state index contributed by atoms with van der Waals surface area (Å²) in [5, 5.41) is 9.92. The second-order valence-corrected chi connectivity index (χ2v) is 5.67. The minimum absolute atomic E-state index is 0.272. The number of likely N-dealkylation sites (tertiary alicyclic amines) is 1. The van der Waals surface area contributed by atoms with Crippen molar-refractivity contribution in [2.45, 2.75) is 19.6 Å². The van der Waals surface area contributed by atoms with Crippen LogP contribution in [0.25, 0.3) is 0 Å². The van der Waals surface area contributed by atoms with E-state index in [1.54, 1.807) is 0 Å². The number of fused-ring (bicyclic) bond motifs is 1. The third kappa shape index (κ3) is 2.87. The average molecular weight is 284 g/mol. The van der Waals surface area contributed by atoms with E-state index >= 15 is 0 Å². The Hall–Kier alpha value is -0.810. The smallest absolute Gasteiger partial charge is 0.189 e. The van der Waals surface area contributed by atoms with Crippen molar-refractivity contribution in [2.75, 3.05) is 26.5 Å². The fourth-order valence-corrected chi connectivity index (χ4v) is 3.08. The molecule has 1 fully saturated rings. The van der Waals surface area contributed by atoms with Gasteiger partial charge in [0.2, 0.25) is 0 Å². The Kier molecular flexibility index (Phi) is 3.93. The van der Waals surface area contributed by atoms with E-state index in [2.05, 4.69) is 4.90 Å². The van der Waals surface area contributed by atoms with Crippen LogP contribution in [0.5, 0.6) is 5.75 Å². The van der Waals surface area contributed by atoms with Crippen molar-refractivity contribution >= 4 is 11.6 Å². The molecule has 1 aromatic carbocycles. The van der Waals surface area contributed by atoms with E-state index in [-0.39, 0.29) is 6.61 Å². The molecule has 104 valence electrons. The summed E-state index contributed by atoms with van der Waals surface area (Å²) in [6.07, 6.45) is 1.06. The lowest BCUT2D eigenvalue weighted by Gasteiger charge is -2.23. The van der Waals surface area contributed by atoms with E-state index in [0.29, 0.717) is 19.3 Å². The zero-order valence-electron chi connectivity index (χ0n) is 10.8. The van der Waals surface area contributed by atoms with Gasteiger partial charge in [-0.15, -0.1) is 0 Å². The fraction of sp³-hybridized carbons (Fsp3) is 0.571. The summed E-state index contributed by atoms with van der Waals surface area (Å²) in [6, 6.07) is 3.87. The van der Waals surface area contributed by atoms with E-state index in [1.165, 1.54) is 0 Å². The van der Waals surface area contributed by atoms with Gasteiger partial charge in [0.25, 0.3) is 0 Å². The third-order valence-electron chi connectivity index (χ3n) is 3.77. The van der Waals surface area contributed by atoms with Gasteiger partial charge in [-0.2, -0.15) is 0 Å². The predicted octanol–water partition coefficient (Wildman–Crippen LogP) is 2.02. The van der Waals surface area contributed by atoms with Crippen LogP contribution in [0.15, 0.2) is 12.1 Å². The van der Waals surface area contributed by atoms with E-state index in [4.69, 9.17) is 21.1 Å². The van der Waals surface area contributed by atoms with Crippen molar-refractivity contribution < 1.29 is 14.6 Å². The average Bonchev–Trinajstić information content (AvgIpc) is 2.86. The summed E-state index contributed by atoms with van der Waals surface area (Å²) in [5.41, 5.74) is 2.14. The van der Waals surface area contributed by atoms with Gasteiger partial charge in [-0.25, -0.2) is 0 Å². The van der Waals surface area contributed by atoms with Crippen molar-refractivity contribution in [3.05, 3.63) is 28.3 Å². The molecule has 5 heteroatoms. The molecule has 1 unspecified atom stereocenters. The molecule has 0 amide bonds. The van der Waals surface area contributed by atoms with E-state index in [0.717, 1.165) is 48.0 Å². The lowest BCUT2D eigenvalue weighted by molar-refractivity contribution is -0.0174. The van der Waals surface area contributed by atoms with Crippen LogP contribution < -0.4 is 4.74 Å². The molecule has 1 N–H and O–H groups in total. The molecule has 3 rings (SSSR count). The molecular formula is C14H18ClNO3. The highest BCUT2D eigenvalue weighted by atomic mass is 35.5. The molecule has 1 aromatic rings. The molecule has 19 heavy (non-hydrogen) atoms. The molecule has 0 radical (unpaired) electrons. The molecule has 0 spiro atoms. The van der Waals surface area contributed by atoms with E-state index < -0.39 is 0 Å². The van der Waals surface area contributed by atoms with Crippen LogP contribution in [-0.4, -0.2) is 36.5 Å². The Balaban J connectivity index is 1.79. The first kappa shape index (κ1) is 13.2. The standard InChI is InChI=1S/C14H18ClNO3/c15-13-3-11(6-16-2-1-10(5-16)7-17)14-12(4-13)8-18-9-19-14/h3-4,10,17H,1-2,5-9H2. The fourth-order valence-electron chi connectivity index (χ4n) is 2.82. The molecule has 0 aromatic heterocycles. The summed E-state index contributed by atoms with van der Waals surface area (Å²) in [4.78, 5) is 2.34. The van der Waals surface area contributed by atoms with Crippen LogP contribution in [0.2, 0.25) is 5.02 Å². The lowest BCUT2D eigenvalue weighted by Crippen LogP contribution is -2.22. The highest BCUT2D eigenvalue weighted by Gasteiger charge is 2.24. The molecule has 2 aliphatic heterocycles. The molecule has 0 aliphatic carbocycles. The maximum absolute atomic E-state index is 9.20. The van der Waals surface area contributed by atoms with Crippen LogP contribution in [-0.2, 0) is 17.9 Å². The molecule has 0 saturated carbocycles. The second-order valence-electron chi connectivity index (χ2n) is 5.24. The summed E-state index contributed by atoms with van der Waals surface area (Å²) in [7, 11) is 0. The number of aliphatic hydroxyl groups is 1. The van der Waals surface area contributed by atoms with Gasteiger partial charge in [-0.05, 0) is 31.0 Å². The maximum Gasteiger partial charge on any atom is 0.189 e. The Bertz CT molecular complexity index is 466. The van der Waals surface area contributed by atoms with Crippen LogP contribution in [0.3, 0.4) is 0 Å². The normalized spacial score (nSPS) is 23.2. The van der Waals surface area contributed by atoms with Gasteiger partial charge in [0, 0.05) is 35.8 Å². The number of nitrogens with zero attached hydrogens (tertiary/aromatic N) is 1. The topological polar surface area (TPSA) is 41.9 Å². The number of rotatable bonds is 3. The SMILES string of the molecule is OCC1CCN(Cc2cc(Cl)cc3c2OCOC3)C1. The summed E-state index contributed by atoms with van der Waals surface area (Å²) in [6.45, 7) is 3.91. The number of aliphatic hydroxyl groups excluding tert-OH is 1. The first-order valence-corrected chi connectivity index (χ1v) is 6.99. The van der Waals surface area contributed by atoms with Crippen LogP contribution in [0, 0.1) is 5.92 Å². The van der Waals surface area contributed by atoms with Crippen LogP contribution in [0.4, 0.5) is 0 Å². The zero-order valence-corrected chi connectivity index (χ0v) is 11.5. The monoisotopic (exact) mass is 283 g/mol. The first-order chi connectivity index (χ1) is 9.26. The van der Waals surface area contributed by atoms with E-state index in [1.807, 2.05) is 12.1 Å². The van der Waals surface area contributed by atoms with Gasteiger partial charge < -0.3 is 14.6 Å². The minimum Gasteiger partial charge on any atom is -0.467 e. The summed E-state index contributed by atoms with van der Waals surface area (Å²) < 4.78 is 10.9. The Morgan fingerprint density at radius 2 is 2.32 bits per heavy atom. The molecule has 1 saturated heterocycles. The lowest BCUT2D eigenvalue weighted by atomic mass is 10.1. The van der Waals surface area contributed by atoms with E-state index in [9.17, 15) is 5.11 Å². The first-order valence-electron chi connectivity index (χ1n) is 6.61. The molecule has 1 atom stereocenters. The second kappa shape index (κ2) is 5.67. The number of benzene rings is 1. The van der Waals surface area contributed by atoms with Gasteiger partial charge in [0.15, 0.2) is 6.79 Å². The summed E-state index contributed by atoms with van der Waals surface area (Å²) in [5.74, 6) is 1.32. The van der Waals surface area contributed by atoms with Gasteiger partial charge in [0.05, 0.1) is 6.61 Å². The zero-order chi connectivity index (χ0) is 13.2. The number of halogens is 1. The molecule has 2 aliphatic rings. The maximum atomic E-state index is 9.20. The third-order valence-corrected chi connectivity index (χ3v) is 3.99. The van der Waals surface area contributed by atoms with Crippen molar-refractivity contribution in [3.8, 4) is 5.75 Å². The minimum atomic E-state index is 0.272. The highest BCUT2D eigenvalue weighted by Crippen LogP contribution is 2.33. The van der Waals surface area contributed by atoms with Crippen molar-refractivity contribution in [1.29, 1.82) is 0 Å². The number of hydrogen-bond acceptors (Lipinski definition) is 4. The Morgan fingerprint density at radius 1 is 1.42 bits per heavy atom. The van der Waals surface area contributed by atoms with Crippen molar-refractivity contribution in [2.24, 2.45) is 5.92 Å². The van der Waals surface area contributed by atoms with Gasteiger partial charge in [-0.3, -0.25) is 4.90 Å². The number of hydrogen-bond donors (Lipinski definition) is 1. The highest BCUT2D eigenvalue weighted by molar-refractivity contribution is 6.30. The van der Waals surface area contributed by atoms with Crippen molar-refractivity contribution in [3.63, 3.8) is 0 Å². The predicted molar refractivity (Wildman–Crippen MR) is 72.2 cm³/mol. The van der Waals surface area contributed by atoms with Gasteiger partial charge >= 0.3 is 0 Å². The van der Waals surface area contributed by atoms with Gasteiger partial charge in [-0.1, -0.05) is 11.6 Å². The Labute approximate surface area is 117 Å². The molecular weight excluding hydrogens is 266 g/mol. The van der Waals surface area contributed by atoms with Crippen molar-refractivity contribution in [1.82, 2.24) is 4.90 Å². The number of ether oxygens (including phenoxy) is 2. The molecule has 2 heterocycles. The largest absolute Gasteiger partial charge is 0.467 e. The quantitative estimate of drug-likeness (QED) is 0.922. The summed E-state index contributed by atoms with van der Waals surface area (Å²) >= 11 is 6.15.